The lowest BCUT2D eigenvalue weighted by atomic mass is 9.93. The van der Waals surface area contributed by atoms with Gasteiger partial charge in [-0.05, 0) is 25.1 Å². The summed E-state index contributed by atoms with van der Waals surface area (Å²) in [4.78, 5) is 4.61. The number of rotatable bonds is 4. The van der Waals surface area contributed by atoms with Crippen LogP contribution < -0.4 is 4.74 Å². The zero-order chi connectivity index (χ0) is 15.6. The smallest absolute Gasteiger partial charge is 0.140 e. The average Bonchev–Trinajstić information content (AvgIpc) is 2.85. The number of aliphatic hydroxyl groups is 1. The quantitative estimate of drug-likeness (QED) is 0.838. The lowest BCUT2D eigenvalue weighted by Crippen LogP contribution is -2.11. The van der Waals surface area contributed by atoms with Crippen LogP contribution in [0.1, 0.15) is 50.1 Å². The van der Waals surface area contributed by atoms with Crippen molar-refractivity contribution in [3.63, 3.8) is 0 Å². The Bertz CT molecular complexity index is 617. The van der Waals surface area contributed by atoms with Crippen LogP contribution in [0.25, 0.3) is 0 Å². The first kappa shape index (κ1) is 16.5. The van der Waals surface area contributed by atoms with E-state index in [1.807, 2.05) is 18.2 Å². The molecule has 0 aliphatic rings. The lowest BCUT2D eigenvalue weighted by molar-refractivity contribution is 0.190. The van der Waals surface area contributed by atoms with E-state index in [9.17, 15) is 5.11 Å². The number of ether oxygens (including phenoxy) is 1. The highest BCUT2D eigenvalue weighted by atomic mass is 79.9. The molecule has 3 nitrogen and oxygen atoms in total. The van der Waals surface area contributed by atoms with Crippen LogP contribution in [-0.4, -0.2) is 10.1 Å². The molecule has 0 saturated carbocycles. The van der Waals surface area contributed by atoms with Crippen molar-refractivity contribution < 1.29 is 9.84 Å². The summed E-state index contributed by atoms with van der Waals surface area (Å²) in [6.07, 6.45) is -0.570. The van der Waals surface area contributed by atoms with E-state index in [2.05, 4.69) is 47.1 Å². The van der Waals surface area contributed by atoms with Gasteiger partial charge in [0.2, 0.25) is 0 Å². The molecule has 0 spiro atoms. The molecule has 1 aromatic heterocycles. The summed E-state index contributed by atoms with van der Waals surface area (Å²) in [6.45, 7) is 8.59. The maximum absolute atomic E-state index is 9.82. The van der Waals surface area contributed by atoms with Gasteiger partial charge in [-0.3, -0.25) is 0 Å². The molecule has 0 fully saturated rings. The second-order valence-electron chi connectivity index (χ2n) is 6.02. The molecule has 114 valence electrons. The molecule has 1 heterocycles. The Morgan fingerprint density at radius 1 is 1.38 bits per heavy atom. The number of aromatic nitrogens is 1. The average molecular weight is 370 g/mol. The van der Waals surface area contributed by atoms with Crippen molar-refractivity contribution >= 4 is 27.3 Å². The van der Waals surface area contributed by atoms with Crippen LogP contribution in [0, 0.1) is 0 Å². The molecule has 1 unspecified atom stereocenters. The number of benzene rings is 1. The molecular formula is C16H20BrNO2S. The molecule has 1 atom stereocenters. The van der Waals surface area contributed by atoms with Gasteiger partial charge in [0.25, 0.3) is 0 Å². The molecule has 2 rings (SSSR count). The molecule has 0 saturated heterocycles. The first-order valence-corrected chi connectivity index (χ1v) is 8.50. The zero-order valence-electron chi connectivity index (χ0n) is 12.7. The van der Waals surface area contributed by atoms with Gasteiger partial charge in [-0.25, -0.2) is 4.98 Å². The fourth-order valence-corrected chi connectivity index (χ4v) is 3.15. The van der Waals surface area contributed by atoms with E-state index in [0.717, 1.165) is 20.7 Å². The lowest BCUT2D eigenvalue weighted by Gasteiger charge is -2.15. The highest BCUT2D eigenvalue weighted by Crippen LogP contribution is 2.30. The topological polar surface area (TPSA) is 42.4 Å². The van der Waals surface area contributed by atoms with E-state index in [0.29, 0.717) is 12.4 Å². The summed E-state index contributed by atoms with van der Waals surface area (Å²) in [7, 11) is 0. The second kappa shape index (κ2) is 6.46. The van der Waals surface area contributed by atoms with E-state index >= 15 is 0 Å². The Morgan fingerprint density at radius 2 is 2.10 bits per heavy atom. The van der Waals surface area contributed by atoms with Crippen molar-refractivity contribution in [2.45, 2.75) is 45.8 Å². The second-order valence-corrected chi connectivity index (χ2v) is 7.88. The molecule has 2 aromatic rings. The molecule has 0 aliphatic carbocycles. The first-order chi connectivity index (χ1) is 9.77. The minimum absolute atomic E-state index is 0.0527. The molecule has 0 amide bonds. The summed E-state index contributed by atoms with van der Waals surface area (Å²) < 4.78 is 6.76. The van der Waals surface area contributed by atoms with Crippen molar-refractivity contribution in [2.75, 3.05) is 0 Å². The maximum atomic E-state index is 9.82. The summed E-state index contributed by atoms with van der Waals surface area (Å²) in [5, 5.41) is 12.8. The number of thiazole rings is 1. The molecule has 0 bridgehead atoms. The van der Waals surface area contributed by atoms with Crippen molar-refractivity contribution in [3.8, 4) is 5.75 Å². The normalized spacial score (nSPS) is 13.2. The molecule has 1 N–H and O–H groups in total. The van der Waals surface area contributed by atoms with Crippen LogP contribution in [-0.2, 0) is 12.0 Å². The Morgan fingerprint density at radius 3 is 2.67 bits per heavy atom. The van der Waals surface area contributed by atoms with E-state index in [4.69, 9.17) is 4.74 Å². The summed E-state index contributed by atoms with van der Waals surface area (Å²) in [5.41, 5.74) is 1.91. The van der Waals surface area contributed by atoms with Crippen LogP contribution >= 0.6 is 27.3 Å². The van der Waals surface area contributed by atoms with Gasteiger partial charge in [0.05, 0.1) is 11.8 Å². The van der Waals surface area contributed by atoms with Gasteiger partial charge in [-0.15, -0.1) is 11.3 Å². The number of hydrogen-bond acceptors (Lipinski definition) is 4. The first-order valence-electron chi connectivity index (χ1n) is 6.82. The van der Waals surface area contributed by atoms with Gasteiger partial charge in [0.15, 0.2) is 0 Å². The maximum Gasteiger partial charge on any atom is 0.140 e. The Balaban J connectivity index is 2.12. The van der Waals surface area contributed by atoms with Gasteiger partial charge < -0.3 is 9.84 Å². The SMILES string of the molecule is CC(O)c1cc(Br)ccc1OCc1nc(C(C)(C)C)cs1. The largest absolute Gasteiger partial charge is 0.486 e. The van der Waals surface area contributed by atoms with Gasteiger partial charge in [-0.2, -0.15) is 0 Å². The fraction of sp³-hybridized carbons (Fsp3) is 0.438. The van der Waals surface area contributed by atoms with Crippen LogP contribution in [0.3, 0.4) is 0 Å². The molecule has 21 heavy (non-hydrogen) atoms. The van der Waals surface area contributed by atoms with Gasteiger partial charge in [0.1, 0.15) is 17.4 Å². The van der Waals surface area contributed by atoms with Crippen LogP contribution in [0.4, 0.5) is 0 Å². The standard InChI is InChI=1S/C16H20BrNO2S/c1-10(19)12-7-11(17)5-6-13(12)20-8-15-18-14(9-21-15)16(2,3)4/h5-7,9-10,19H,8H2,1-4H3. The third-order valence-electron chi connectivity index (χ3n) is 3.09. The summed E-state index contributed by atoms with van der Waals surface area (Å²) in [5.74, 6) is 0.695. The molecule has 0 radical (unpaired) electrons. The third kappa shape index (κ3) is 4.28. The van der Waals surface area contributed by atoms with Crippen molar-refractivity contribution in [3.05, 3.63) is 44.3 Å². The minimum Gasteiger partial charge on any atom is -0.486 e. The minimum atomic E-state index is -0.570. The number of halogens is 1. The van der Waals surface area contributed by atoms with Crippen LogP contribution in [0.2, 0.25) is 0 Å². The summed E-state index contributed by atoms with van der Waals surface area (Å²) in [6, 6.07) is 5.65. The Labute approximate surface area is 138 Å². The molecule has 1 aromatic carbocycles. The number of nitrogens with zero attached hydrogens (tertiary/aromatic N) is 1. The van der Waals surface area contributed by atoms with Crippen molar-refractivity contribution in [1.29, 1.82) is 0 Å². The Kier molecular flexibility index (Phi) is 5.07. The highest BCUT2D eigenvalue weighted by molar-refractivity contribution is 9.10. The van der Waals surface area contributed by atoms with Crippen LogP contribution in [0.15, 0.2) is 28.1 Å². The summed E-state index contributed by atoms with van der Waals surface area (Å²) >= 11 is 5.01. The zero-order valence-corrected chi connectivity index (χ0v) is 15.1. The van der Waals surface area contributed by atoms with Gasteiger partial charge >= 0.3 is 0 Å². The molecule has 5 heteroatoms. The van der Waals surface area contributed by atoms with Gasteiger partial charge in [-0.1, -0.05) is 36.7 Å². The van der Waals surface area contributed by atoms with E-state index in [-0.39, 0.29) is 5.41 Å². The van der Waals surface area contributed by atoms with Crippen LogP contribution in [0.5, 0.6) is 5.75 Å². The monoisotopic (exact) mass is 369 g/mol. The van der Waals surface area contributed by atoms with E-state index < -0.39 is 6.10 Å². The van der Waals surface area contributed by atoms with Crippen molar-refractivity contribution in [1.82, 2.24) is 4.98 Å². The predicted molar refractivity (Wildman–Crippen MR) is 89.9 cm³/mol. The number of aliphatic hydroxyl groups excluding tert-OH is 1. The number of hydrogen-bond donors (Lipinski definition) is 1. The highest BCUT2D eigenvalue weighted by Gasteiger charge is 2.18. The predicted octanol–water partition coefficient (Wildman–Crippen LogP) is 4.84. The fourth-order valence-electron chi connectivity index (χ4n) is 1.84. The van der Waals surface area contributed by atoms with Gasteiger partial charge in [0, 0.05) is 20.8 Å². The van der Waals surface area contributed by atoms with Crippen molar-refractivity contribution in [2.24, 2.45) is 0 Å². The third-order valence-corrected chi connectivity index (χ3v) is 4.41. The Hall–Kier alpha value is -0.910. The molecule has 0 aliphatic heterocycles. The molecular weight excluding hydrogens is 350 g/mol. The van der Waals surface area contributed by atoms with E-state index in [1.165, 1.54) is 0 Å². The van der Waals surface area contributed by atoms with E-state index in [1.54, 1.807) is 18.3 Å².